The van der Waals surface area contributed by atoms with Crippen molar-refractivity contribution >= 4 is 11.7 Å². The van der Waals surface area contributed by atoms with Crippen LogP contribution in [-0.4, -0.2) is 34.0 Å². The molecule has 1 aromatic heterocycles. The molecule has 0 saturated carbocycles. The molecule has 0 spiro atoms. The maximum Gasteiger partial charge on any atom is 0.321 e. The number of H-pyrrole nitrogens is 1. The van der Waals surface area contributed by atoms with Crippen molar-refractivity contribution in [2.75, 3.05) is 18.4 Å². The highest BCUT2D eigenvalue weighted by atomic mass is 19.1. The van der Waals surface area contributed by atoms with E-state index in [1.807, 2.05) is 6.20 Å². The van der Waals surface area contributed by atoms with Crippen molar-refractivity contribution < 1.29 is 9.18 Å². The van der Waals surface area contributed by atoms with E-state index >= 15 is 0 Å². The van der Waals surface area contributed by atoms with Crippen molar-refractivity contribution in [3.63, 3.8) is 0 Å². The molecular weight excluding hydrogens is 271 g/mol. The number of carbonyl (C=O) groups excluding carboxylic acids is 1. The second kappa shape index (κ2) is 5.95. The largest absolute Gasteiger partial charge is 0.348 e. The van der Waals surface area contributed by atoms with Crippen LogP contribution in [-0.2, 0) is 0 Å². The van der Waals surface area contributed by atoms with E-state index in [2.05, 4.69) is 15.3 Å². The van der Waals surface area contributed by atoms with Crippen LogP contribution in [0.3, 0.4) is 0 Å². The van der Waals surface area contributed by atoms with E-state index in [4.69, 9.17) is 0 Å². The van der Waals surface area contributed by atoms with Gasteiger partial charge in [0.05, 0.1) is 6.33 Å². The molecule has 0 radical (unpaired) electrons. The number of carbonyl (C=O) groups is 1. The fourth-order valence-electron chi connectivity index (χ4n) is 2.65. The summed E-state index contributed by atoms with van der Waals surface area (Å²) in [5, 5.41) is 2.73. The molecule has 110 valence electrons. The SMILES string of the molecule is O=C(Nc1cccc(F)c1)N1CCC(c2cnc[nH]2)CC1. The van der Waals surface area contributed by atoms with Crippen LogP contribution in [0.15, 0.2) is 36.8 Å². The van der Waals surface area contributed by atoms with Gasteiger partial charge in [-0.25, -0.2) is 14.2 Å². The Morgan fingerprint density at radius 1 is 1.38 bits per heavy atom. The van der Waals surface area contributed by atoms with Crippen LogP contribution in [0.2, 0.25) is 0 Å². The lowest BCUT2D eigenvalue weighted by molar-refractivity contribution is 0.194. The van der Waals surface area contributed by atoms with Crippen molar-refractivity contribution in [1.29, 1.82) is 0 Å². The first-order valence-electron chi connectivity index (χ1n) is 7.02. The van der Waals surface area contributed by atoms with E-state index in [1.54, 1.807) is 23.4 Å². The zero-order valence-corrected chi connectivity index (χ0v) is 11.6. The van der Waals surface area contributed by atoms with Crippen molar-refractivity contribution in [3.8, 4) is 0 Å². The molecule has 3 rings (SSSR count). The molecule has 2 N–H and O–H groups in total. The van der Waals surface area contributed by atoms with Gasteiger partial charge in [-0.05, 0) is 31.0 Å². The summed E-state index contributed by atoms with van der Waals surface area (Å²) in [5.74, 6) is 0.0662. The monoisotopic (exact) mass is 288 g/mol. The number of anilines is 1. The zero-order chi connectivity index (χ0) is 14.7. The molecule has 1 aliphatic rings. The number of hydrogen-bond acceptors (Lipinski definition) is 2. The lowest BCUT2D eigenvalue weighted by Gasteiger charge is -2.31. The average Bonchev–Trinajstić information content (AvgIpc) is 3.01. The van der Waals surface area contributed by atoms with E-state index in [0.29, 0.717) is 24.7 Å². The number of likely N-dealkylation sites (tertiary alicyclic amines) is 1. The first-order valence-corrected chi connectivity index (χ1v) is 7.02. The summed E-state index contributed by atoms with van der Waals surface area (Å²) in [6, 6.07) is 5.75. The quantitative estimate of drug-likeness (QED) is 0.892. The summed E-state index contributed by atoms with van der Waals surface area (Å²) in [6.45, 7) is 1.37. The molecule has 6 heteroatoms. The van der Waals surface area contributed by atoms with E-state index in [1.165, 1.54) is 12.1 Å². The van der Waals surface area contributed by atoms with E-state index in [-0.39, 0.29) is 11.8 Å². The molecule has 0 atom stereocenters. The fourth-order valence-corrected chi connectivity index (χ4v) is 2.65. The summed E-state index contributed by atoms with van der Waals surface area (Å²) in [7, 11) is 0. The Morgan fingerprint density at radius 3 is 2.86 bits per heavy atom. The van der Waals surface area contributed by atoms with Gasteiger partial charge in [-0.2, -0.15) is 0 Å². The number of piperidine rings is 1. The van der Waals surface area contributed by atoms with E-state index in [0.717, 1.165) is 18.5 Å². The Hall–Kier alpha value is -2.37. The number of amides is 2. The lowest BCUT2D eigenvalue weighted by atomic mass is 9.94. The second-order valence-electron chi connectivity index (χ2n) is 5.21. The lowest BCUT2D eigenvalue weighted by Crippen LogP contribution is -2.40. The normalized spacial score (nSPS) is 16.0. The van der Waals surface area contributed by atoms with Gasteiger partial charge in [-0.1, -0.05) is 6.07 Å². The fraction of sp³-hybridized carbons (Fsp3) is 0.333. The van der Waals surface area contributed by atoms with Crippen molar-refractivity contribution in [2.45, 2.75) is 18.8 Å². The minimum Gasteiger partial charge on any atom is -0.348 e. The van der Waals surface area contributed by atoms with E-state index in [9.17, 15) is 9.18 Å². The third kappa shape index (κ3) is 3.21. The topological polar surface area (TPSA) is 61.0 Å². The highest BCUT2D eigenvalue weighted by Crippen LogP contribution is 2.26. The van der Waals surface area contributed by atoms with Crippen LogP contribution in [0, 0.1) is 5.82 Å². The van der Waals surface area contributed by atoms with Crippen LogP contribution < -0.4 is 5.32 Å². The van der Waals surface area contributed by atoms with Gasteiger partial charge in [0.15, 0.2) is 0 Å². The predicted molar refractivity (Wildman–Crippen MR) is 77.6 cm³/mol. The smallest absolute Gasteiger partial charge is 0.321 e. The van der Waals surface area contributed by atoms with Gasteiger partial charge in [-0.3, -0.25) is 0 Å². The van der Waals surface area contributed by atoms with Gasteiger partial charge in [-0.15, -0.1) is 0 Å². The molecule has 0 aliphatic carbocycles. The van der Waals surface area contributed by atoms with Gasteiger partial charge < -0.3 is 15.2 Å². The molecule has 5 nitrogen and oxygen atoms in total. The Bertz CT molecular complexity index is 606. The molecule has 2 amide bonds. The van der Waals surface area contributed by atoms with Gasteiger partial charge in [0.25, 0.3) is 0 Å². The third-order valence-electron chi connectivity index (χ3n) is 3.82. The Labute approximate surface area is 122 Å². The zero-order valence-electron chi connectivity index (χ0n) is 11.6. The molecule has 0 bridgehead atoms. The molecule has 2 aromatic rings. The van der Waals surface area contributed by atoms with Gasteiger partial charge in [0, 0.05) is 36.6 Å². The molecule has 0 unspecified atom stereocenters. The average molecular weight is 288 g/mol. The molecule has 1 aliphatic heterocycles. The standard InChI is InChI=1S/C15H17FN4O/c16-12-2-1-3-13(8-12)19-15(21)20-6-4-11(5-7-20)14-9-17-10-18-14/h1-3,8-11H,4-7H2,(H,17,18)(H,19,21). The summed E-state index contributed by atoms with van der Waals surface area (Å²) in [4.78, 5) is 21.1. The van der Waals surface area contributed by atoms with Crippen LogP contribution in [0.4, 0.5) is 14.9 Å². The first-order chi connectivity index (χ1) is 10.2. The number of hydrogen-bond donors (Lipinski definition) is 2. The molecule has 1 aromatic carbocycles. The number of nitrogens with zero attached hydrogens (tertiary/aromatic N) is 2. The maximum absolute atomic E-state index is 13.1. The predicted octanol–water partition coefficient (Wildman–Crippen LogP) is 2.96. The number of nitrogens with one attached hydrogen (secondary N) is 2. The second-order valence-corrected chi connectivity index (χ2v) is 5.21. The number of benzene rings is 1. The summed E-state index contributed by atoms with van der Waals surface area (Å²) in [6.07, 6.45) is 5.32. The summed E-state index contributed by atoms with van der Waals surface area (Å²) >= 11 is 0. The highest BCUT2D eigenvalue weighted by molar-refractivity contribution is 5.89. The number of aromatic nitrogens is 2. The van der Waals surface area contributed by atoms with Crippen molar-refractivity contribution in [2.24, 2.45) is 0 Å². The maximum atomic E-state index is 13.1. The van der Waals surface area contributed by atoms with Gasteiger partial charge in [0.2, 0.25) is 0 Å². The number of halogens is 1. The molecular formula is C15H17FN4O. The van der Waals surface area contributed by atoms with Crippen LogP contribution in [0.5, 0.6) is 0 Å². The highest BCUT2D eigenvalue weighted by Gasteiger charge is 2.24. The van der Waals surface area contributed by atoms with E-state index < -0.39 is 0 Å². The van der Waals surface area contributed by atoms with Crippen LogP contribution in [0.25, 0.3) is 0 Å². The van der Waals surface area contributed by atoms with Gasteiger partial charge >= 0.3 is 6.03 Å². The Balaban J connectivity index is 1.55. The summed E-state index contributed by atoms with van der Waals surface area (Å²) < 4.78 is 13.1. The number of urea groups is 1. The minimum atomic E-state index is -0.356. The molecule has 2 heterocycles. The molecule has 1 saturated heterocycles. The summed E-state index contributed by atoms with van der Waals surface area (Å²) in [5.41, 5.74) is 1.61. The Kier molecular flexibility index (Phi) is 3.85. The third-order valence-corrected chi connectivity index (χ3v) is 3.82. The Morgan fingerprint density at radius 2 is 2.19 bits per heavy atom. The van der Waals surface area contributed by atoms with Crippen LogP contribution in [0.1, 0.15) is 24.5 Å². The minimum absolute atomic E-state index is 0.177. The number of rotatable bonds is 2. The van der Waals surface area contributed by atoms with Crippen LogP contribution >= 0.6 is 0 Å². The van der Waals surface area contributed by atoms with Crippen molar-refractivity contribution in [3.05, 3.63) is 48.3 Å². The van der Waals surface area contributed by atoms with Gasteiger partial charge in [0.1, 0.15) is 5.82 Å². The first kappa shape index (κ1) is 13.6. The van der Waals surface area contributed by atoms with Crippen molar-refractivity contribution in [1.82, 2.24) is 14.9 Å². The number of aromatic amines is 1. The molecule has 21 heavy (non-hydrogen) atoms. The number of imidazole rings is 1. The molecule has 1 fully saturated rings.